The lowest BCUT2D eigenvalue weighted by Crippen LogP contribution is -2.49. The van der Waals surface area contributed by atoms with E-state index in [0.717, 1.165) is 0 Å². The number of nitrogens with one attached hydrogen (secondary N) is 1. The summed E-state index contributed by atoms with van der Waals surface area (Å²) in [5.41, 5.74) is -0.653. The van der Waals surface area contributed by atoms with Crippen LogP contribution in [0.25, 0.3) is 0 Å². The van der Waals surface area contributed by atoms with Crippen molar-refractivity contribution in [2.24, 2.45) is 11.8 Å². The highest BCUT2D eigenvalue weighted by Crippen LogP contribution is 2.32. The van der Waals surface area contributed by atoms with E-state index < -0.39 is 47.8 Å². The molecule has 1 amide bonds. The Labute approximate surface area is 154 Å². The number of hydrogen-bond acceptors (Lipinski definition) is 7. The monoisotopic (exact) mass is 373 g/mol. The number of carbonyl (C=O) groups excluding carboxylic acids is 3. The standard InChI is InChI=1S/C18H31NO7/c1-10(2)8-12(19-17(22)26-18(3,4)5)14-11(15(20)23-6)9-13(25-14)16(21)24-7/h10-14H,8-9H2,1-7H3,(H,19,22)/t11-,12-,13-,14-/m1/s1. The van der Waals surface area contributed by atoms with Crippen LogP contribution in [0.5, 0.6) is 0 Å². The van der Waals surface area contributed by atoms with Crippen molar-refractivity contribution in [1.29, 1.82) is 0 Å². The molecule has 1 heterocycles. The molecule has 0 saturated carbocycles. The third kappa shape index (κ3) is 6.48. The molecule has 1 fully saturated rings. The van der Waals surface area contributed by atoms with Gasteiger partial charge in [0.15, 0.2) is 6.10 Å². The van der Waals surface area contributed by atoms with Crippen LogP contribution in [0.3, 0.4) is 0 Å². The van der Waals surface area contributed by atoms with Gasteiger partial charge in [-0.05, 0) is 33.1 Å². The highest BCUT2D eigenvalue weighted by atomic mass is 16.6. The molecule has 8 nitrogen and oxygen atoms in total. The van der Waals surface area contributed by atoms with Crippen LogP contribution >= 0.6 is 0 Å². The first-order valence-corrected chi connectivity index (χ1v) is 8.79. The summed E-state index contributed by atoms with van der Waals surface area (Å²) in [5.74, 6) is -1.50. The summed E-state index contributed by atoms with van der Waals surface area (Å²) in [7, 11) is 2.54. The zero-order valence-corrected chi connectivity index (χ0v) is 16.7. The summed E-state index contributed by atoms with van der Waals surface area (Å²) < 4.78 is 20.7. The zero-order chi connectivity index (χ0) is 20.1. The molecular weight excluding hydrogens is 342 g/mol. The van der Waals surface area contributed by atoms with Gasteiger partial charge in [0.25, 0.3) is 0 Å². The molecule has 1 rings (SSSR count). The smallest absolute Gasteiger partial charge is 0.407 e. The van der Waals surface area contributed by atoms with Crippen molar-refractivity contribution < 1.29 is 33.3 Å². The van der Waals surface area contributed by atoms with E-state index in [1.54, 1.807) is 20.8 Å². The largest absolute Gasteiger partial charge is 0.469 e. The first-order valence-electron chi connectivity index (χ1n) is 8.79. The normalized spacial score (nSPS) is 24.1. The first-order chi connectivity index (χ1) is 12.0. The lowest BCUT2D eigenvalue weighted by molar-refractivity contribution is -0.155. The Balaban J connectivity index is 3.01. The van der Waals surface area contributed by atoms with E-state index in [4.69, 9.17) is 18.9 Å². The average Bonchev–Trinajstić information content (AvgIpc) is 2.95. The van der Waals surface area contributed by atoms with Gasteiger partial charge >= 0.3 is 18.0 Å². The van der Waals surface area contributed by atoms with E-state index in [1.165, 1.54) is 14.2 Å². The molecule has 26 heavy (non-hydrogen) atoms. The second-order valence-corrected chi connectivity index (χ2v) is 7.86. The Kier molecular flexibility index (Phi) is 7.87. The molecule has 1 aliphatic rings. The number of alkyl carbamates (subject to hydrolysis) is 1. The van der Waals surface area contributed by atoms with Crippen molar-refractivity contribution >= 4 is 18.0 Å². The average molecular weight is 373 g/mol. The molecule has 1 aliphatic heterocycles. The van der Waals surface area contributed by atoms with E-state index in [1.807, 2.05) is 13.8 Å². The number of ether oxygens (including phenoxy) is 4. The molecule has 0 aliphatic carbocycles. The zero-order valence-electron chi connectivity index (χ0n) is 16.7. The van der Waals surface area contributed by atoms with Crippen LogP contribution < -0.4 is 5.32 Å². The van der Waals surface area contributed by atoms with Gasteiger partial charge in [-0.2, -0.15) is 0 Å². The highest BCUT2D eigenvalue weighted by Gasteiger charge is 2.48. The fraction of sp³-hybridized carbons (Fsp3) is 0.833. The number of amides is 1. The number of hydrogen-bond donors (Lipinski definition) is 1. The fourth-order valence-corrected chi connectivity index (χ4v) is 2.99. The van der Waals surface area contributed by atoms with Gasteiger partial charge in [-0.25, -0.2) is 9.59 Å². The van der Waals surface area contributed by atoms with Gasteiger partial charge in [-0.1, -0.05) is 13.8 Å². The van der Waals surface area contributed by atoms with Crippen molar-refractivity contribution in [3.05, 3.63) is 0 Å². The Bertz CT molecular complexity index is 512. The summed E-state index contributed by atoms with van der Waals surface area (Å²) in [4.78, 5) is 36.3. The molecule has 0 bridgehead atoms. The van der Waals surface area contributed by atoms with Gasteiger partial charge in [-0.3, -0.25) is 4.79 Å². The van der Waals surface area contributed by atoms with Crippen LogP contribution in [-0.4, -0.2) is 56.1 Å². The van der Waals surface area contributed by atoms with Crippen LogP contribution in [0.1, 0.15) is 47.5 Å². The highest BCUT2D eigenvalue weighted by molar-refractivity contribution is 5.79. The van der Waals surface area contributed by atoms with Gasteiger partial charge in [0, 0.05) is 6.42 Å². The van der Waals surface area contributed by atoms with Crippen molar-refractivity contribution in [1.82, 2.24) is 5.32 Å². The summed E-state index contributed by atoms with van der Waals surface area (Å²) in [6.07, 6.45) is -1.48. The number of esters is 2. The van der Waals surface area contributed by atoms with E-state index >= 15 is 0 Å². The van der Waals surface area contributed by atoms with Gasteiger partial charge in [0.2, 0.25) is 0 Å². The maximum Gasteiger partial charge on any atom is 0.407 e. The Morgan fingerprint density at radius 1 is 1.12 bits per heavy atom. The van der Waals surface area contributed by atoms with Gasteiger partial charge in [0.05, 0.1) is 32.3 Å². The van der Waals surface area contributed by atoms with Crippen LogP contribution in [0.15, 0.2) is 0 Å². The molecule has 4 atom stereocenters. The molecule has 1 saturated heterocycles. The van der Waals surface area contributed by atoms with Gasteiger partial charge < -0.3 is 24.3 Å². The summed E-state index contributed by atoms with van der Waals surface area (Å²) >= 11 is 0. The molecule has 8 heteroatoms. The van der Waals surface area contributed by atoms with Crippen LogP contribution in [0, 0.1) is 11.8 Å². The summed E-state index contributed by atoms with van der Waals surface area (Å²) in [6, 6.07) is -0.511. The maximum absolute atomic E-state index is 12.2. The van der Waals surface area contributed by atoms with E-state index in [0.29, 0.717) is 6.42 Å². The number of rotatable bonds is 6. The lowest BCUT2D eigenvalue weighted by Gasteiger charge is -2.30. The van der Waals surface area contributed by atoms with Crippen molar-refractivity contribution in [2.75, 3.05) is 14.2 Å². The summed E-state index contributed by atoms with van der Waals surface area (Å²) in [6.45, 7) is 9.27. The second kappa shape index (κ2) is 9.21. The van der Waals surface area contributed by atoms with E-state index in [9.17, 15) is 14.4 Å². The predicted octanol–water partition coefficient (Wildman–Crippen LogP) is 2.05. The third-order valence-corrected chi connectivity index (χ3v) is 3.98. The molecule has 150 valence electrons. The molecule has 0 aromatic rings. The number of carbonyl (C=O) groups is 3. The second-order valence-electron chi connectivity index (χ2n) is 7.86. The van der Waals surface area contributed by atoms with Gasteiger partial charge in [-0.15, -0.1) is 0 Å². The van der Waals surface area contributed by atoms with E-state index in [2.05, 4.69) is 5.32 Å². The molecular formula is C18H31NO7. The Morgan fingerprint density at radius 2 is 1.69 bits per heavy atom. The minimum absolute atomic E-state index is 0.147. The Morgan fingerprint density at radius 3 is 2.15 bits per heavy atom. The number of methoxy groups -OCH3 is 2. The molecule has 0 unspecified atom stereocenters. The van der Waals surface area contributed by atoms with Crippen molar-refractivity contribution in [2.45, 2.75) is 71.3 Å². The lowest BCUT2D eigenvalue weighted by atomic mass is 9.90. The molecule has 0 aromatic carbocycles. The fourth-order valence-electron chi connectivity index (χ4n) is 2.99. The van der Waals surface area contributed by atoms with Crippen LogP contribution in [0.2, 0.25) is 0 Å². The topological polar surface area (TPSA) is 100 Å². The first kappa shape index (κ1) is 22.2. The van der Waals surface area contributed by atoms with Gasteiger partial charge in [0.1, 0.15) is 5.60 Å². The van der Waals surface area contributed by atoms with Crippen LogP contribution in [0.4, 0.5) is 4.79 Å². The minimum Gasteiger partial charge on any atom is -0.469 e. The molecule has 0 aromatic heterocycles. The van der Waals surface area contributed by atoms with Crippen LogP contribution in [-0.2, 0) is 28.5 Å². The molecule has 0 radical (unpaired) electrons. The van der Waals surface area contributed by atoms with Crippen molar-refractivity contribution in [3.63, 3.8) is 0 Å². The maximum atomic E-state index is 12.2. The van der Waals surface area contributed by atoms with Crippen molar-refractivity contribution in [3.8, 4) is 0 Å². The molecule has 0 spiro atoms. The summed E-state index contributed by atoms with van der Waals surface area (Å²) in [5, 5.41) is 2.79. The van der Waals surface area contributed by atoms with E-state index in [-0.39, 0.29) is 12.3 Å². The molecule has 1 N–H and O–H groups in total. The quantitative estimate of drug-likeness (QED) is 0.562. The Hall–Kier alpha value is -1.83. The predicted molar refractivity (Wildman–Crippen MR) is 93.4 cm³/mol. The SMILES string of the molecule is COC(=O)[C@H]1C[C@@H](C(=O)OC)[C@H]([C@@H](CC(C)C)NC(=O)OC(C)(C)C)O1. The minimum atomic E-state index is -0.871. The third-order valence-electron chi connectivity index (χ3n) is 3.98.